The van der Waals surface area contributed by atoms with Gasteiger partial charge in [0.2, 0.25) is 10.0 Å². The molecule has 0 saturated carbocycles. The van der Waals surface area contributed by atoms with Crippen LogP contribution in [0.1, 0.15) is 22.3 Å². The second-order valence-corrected chi connectivity index (χ2v) is 9.04. The lowest BCUT2D eigenvalue weighted by Gasteiger charge is -2.30. The van der Waals surface area contributed by atoms with E-state index in [0.717, 1.165) is 17.5 Å². The van der Waals surface area contributed by atoms with Gasteiger partial charge < -0.3 is 4.90 Å². The minimum atomic E-state index is -3.81. The van der Waals surface area contributed by atoms with E-state index in [-0.39, 0.29) is 15.5 Å². The average molecular weight is 445 g/mol. The number of carbonyl (C=O) groups is 1. The molecule has 8 heteroatoms. The molecule has 30 heavy (non-hydrogen) atoms. The standard InChI is InChI=1S/C22H18ClFN2O3S/c23-18-7-2-8-19(24)21(18)22(27)26-11-3-5-16-12-15(9-10-20(16)26)14-4-1-6-17(13-14)30(25,28)29/h1-2,4,6-10,12-13H,3,5,11H2,(H2,25,28,29). The smallest absolute Gasteiger partial charge is 0.262 e. The zero-order valence-corrected chi connectivity index (χ0v) is 17.4. The number of primary sulfonamides is 1. The van der Waals surface area contributed by atoms with Gasteiger partial charge in [-0.05, 0) is 65.9 Å². The van der Waals surface area contributed by atoms with Gasteiger partial charge in [-0.3, -0.25) is 4.79 Å². The van der Waals surface area contributed by atoms with Crippen molar-refractivity contribution in [3.8, 4) is 11.1 Å². The van der Waals surface area contributed by atoms with E-state index in [4.69, 9.17) is 16.7 Å². The Bertz CT molecular complexity index is 1240. The van der Waals surface area contributed by atoms with Gasteiger partial charge in [-0.2, -0.15) is 0 Å². The molecule has 0 bridgehead atoms. The number of sulfonamides is 1. The number of amides is 1. The molecular weight excluding hydrogens is 427 g/mol. The normalized spacial score (nSPS) is 13.8. The lowest BCUT2D eigenvalue weighted by Crippen LogP contribution is -2.36. The largest absolute Gasteiger partial charge is 0.308 e. The maximum absolute atomic E-state index is 14.3. The molecule has 5 nitrogen and oxygen atoms in total. The molecule has 0 aromatic heterocycles. The zero-order chi connectivity index (χ0) is 21.5. The van der Waals surface area contributed by atoms with E-state index in [0.29, 0.717) is 24.2 Å². The van der Waals surface area contributed by atoms with Crippen LogP contribution in [0.3, 0.4) is 0 Å². The SMILES string of the molecule is NS(=O)(=O)c1cccc(-c2ccc3c(c2)CCCN3C(=O)c2c(F)cccc2Cl)c1. The summed E-state index contributed by atoms with van der Waals surface area (Å²) in [6, 6.07) is 16.1. The molecule has 3 aromatic carbocycles. The molecule has 2 N–H and O–H groups in total. The molecule has 0 saturated heterocycles. The van der Waals surface area contributed by atoms with Gasteiger partial charge in [-0.25, -0.2) is 17.9 Å². The molecule has 1 amide bonds. The number of carbonyl (C=O) groups excluding carboxylic acids is 1. The molecular formula is C22H18ClFN2O3S. The zero-order valence-electron chi connectivity index (χ0n) is 15.8. The molecule has 3 aromatic rings. The number of fused-ring (bicyclic) bond motifs is 1. The lowest BCUT2D eigenvalue weighted by molar-refractivity contribution is 0.0981. The average Bonchev–Trinajstić information content (AvgIpc) is 2.72. The number of halogens is 2. The number of benzene rings is 3. The number of nitrogens with zero attached hydrogens (tertiary/aromatic N) is 1. The summed E-state index contributed by atoms with van der Waals surface area (Å²) in [4.78, 5) is 14.6. The van der Waals surface area contributed by atoms with Crippen LogP contribution in [0.2, 0.25) is 5.02 Å². The Hall–Kier alpha value is -2.74. The number of hydrogen-bond donors (Lipinski definition) is 1. The van der Waals surface area contributed by atoms with Crippen LogP contribution in [0.4, 0.5) is 10.1 Å². The third-order valence-corrected chi connectivity index (χ3v) is 6.34. The third kappa shape index (κ3) is 3.84. The van der Waals surface area contributed by atoms with Crippen LogP contribution in [-0.2, 0) is 16.4 Å². The van der Waals surface area contributed by atoms with E-state index >= 15 is 0 Å². The first-order chi connectivity index (χ1) is 14.3. The van der Waals surface area contributed by atoms with Crippen LogP contribution in [0.25, 0.3) is 11.1 Å². The van der Waals surface area contributed by atoms with Crippen molar-refractivity contribution >= 4 is 33.2 Å². The Morgan fingerprint density at radius 2 is 1.77 bits per heavy atom. The van der Waals surface area contributed by atoms with Gasteiger partial charge in [-0.1, -0.05) is 35.9 Å². The molecule has 1 heterocycles. The molecule has 0 fully saturated rings. The fourth-order valence-electron chi connectivity index (χ4n) is 3.68. The van der Waals surface area contributed by atoms with Crippen molar-refractivity contribution in [2.45, 2.75) is 17.7 Å². The van der Waals surface area contributed by atoms with Gasteiger partial charge >= 0.3 is 0 Å². The van der Waals surface area contributed by atoms with Crippen molar-refractivity contribution in [3.05, 3.63) is 82.6 Å². The summed E-state index contributed by atoms with van der Waals surface area (Å²) in [7, 11) is -3.81. The first-order valence-electron chi connectivity index (χ1n) is 9.28. The molecule has 0 spiro atoms. The summed E-state index contributed by atoms with van der Waals surface area (Å²) < 4.78 is 37.6. The van der Waals surface area contributed by atoms with E-state index in [1.54, 1.807) is 24.3 Å². The lowest BCUT2D eigenvalue weighted by atomic mass is 9.95. The molecule has 154 valence electrons. The van der Waals surface area contributed by atoms with Gasteiger partial charge in [0.1, 0.15) is 5.82 Å². The van der Waals surface area contributed by atoms with E-state index in [9.17, 15) is 17.6 Å². The van der Waals surface area contributed by atoms with Crippen LogP contribution < -0.4 is 10.0 Å². The second-order valence-electron chi connectivity index (χ2n) is 7.07. The molecule has 4 rings (SSSR count). The highest BCUT2D eigenvalue weighted by atomic mass is 35.5. The topological polar surface area (TPSA) is 80.5 Å². The highest BCUT2D eigenvalue weighted by Gasteiger charge is 2.27. The van der Waals surface area contributed by atoms with Crippen LogP contribution in [0.5, 0.6) is 0 Å². The Balaban J connectivity index is 1.73. The maximum atomic E-state index is 14.3. The van der Waals surface area contributed by atoms with E-state index in [2.05, 4.69) is 0 Å². The predicted octanol–water partition coefficient (Wildman–Crippen LogP) is 4.39. The summed E-state index contributed by atoms with van der Waals surface area (Å²) in [5, 5.41) is 5.31. The number of anilines is 1. The Labute approximate surface area is 178 Å². The summed E-state index contributed by atoms with van der Waals surface area (Å²) in [6.07, 6.45) is 1.46. The Morgan fingerprint density at radius 1 is 1.03 bits per heavy atom. The molecule has 0 unspecified atom stereocenters. The molecule has 1 aliphatic rings. The van der Waals surface area contributed by atoms with Crippen LogP contribution in [0, 0.1) is 5.82 Å². The van der Waals surface area contributed by atoms with Crippen LogP contribution in [0.15, 0.2) is 65.6 Å². The van der Waals surface area contributed by atoms with Gasteiger partial charge in [0.05, 0.1) is 15.5 Å². The van der Waals surface area contributed by atoms with Crippen LogP contribution in [-0.4, -0.2) is 20.9 Å². The Morgan fingerprint density at radius 3 is 2.50 bits per heavy atom. The van der Waals surface area contributed by atoms with Gasteiger partial charge in [0.25, 0.3) is 5.91 Å². The summed E-state index contributed by atoms with van der Waals surface area (Å²) in [5.74, 6) is -1.14. The number of rotatable bonds is 3. The number of aryl methyl sites for hydroxylation is 1. The monoisotopic (exact) mass is 444 g/mol. The van der Waals surface area contributed by atoms with Crippen LogP contribution >= 0.6 is 11.6 Å². The van der Waals surface area contributed by atoms with Gasteiger partial charge in [-0.15, -0.1) is 0 Å². The van der Waals surface area contributed by atoms with Gasteiger partial charge in [0.15, 0.2) is 0 Å². The summed E-state index contributed by atoms with van der Waals surface area (Å²) >= 11 is 6.08. The minimum Gasteiger partial charge on any atom is -0.308 e. The quantitative estimate of drug-likeness (QED) is 0.650. The van der Waals surface area contributed by atoms with E-state index in [1.165, 1.54) is 35.2 Å². The van der Waals surface area contributed by atoms with Crippen molar-refractivity contribution in [1.29, 1.82) is 0 Å². The number of nitrogens with two attached hydrogens (primary N) is 1. The molecule has 0 radical (unpaired) electrons. The van der Waals surface area contributed by atoms with Crippen molar-refractivity contribution in [1.82, 2.24) is 0 Å². The highest BCUT2D eigenvalue weighted by Crippen LogP contribution is 2.34. The van der Waals surface area contributed by atoms with E-state index < -0.39 is 21.7 Å². The Kier molecular flexibility index (Phi) is 5.36. The minimum absolute atomic E-state index is 0.0312. The van der Waals surface area contributed by atoms with Crippen molar-refractivity contribution < 1.29 is 17.6 Å². The second kappa shape index (κ2) is 7.83. The number of hydrogen-bond acceptors (Lipinski definition) is 3. The molecule has 0 aliphatic carbocycles. The van der Waals surface area contributed by atoms with E-state index in [1.807, 2.05) is 6.07 Å². The predicted molar refractivity (Wildman–Crippen MR) is 115 cm³/mol. The van der Waals surface area contributed by atoms with Crippen molar-refractivity contribution in [2.24, 2.45) is 5.14 Å². The highest BCUT2D eigenvalue weighted by molar-refractivity contribution is 7.89. The van der Waals surface area contributed by atoms with Gasteiger partial charge in [0, 0.05) is 12.2 Å². The van der Waals surface area contributed by atoms with Crippen molar-refractivity contribution in [3.63, 3.8) is 0 Å². The molecule has 0 atom stereocenters. The fourth-order valence-corrected chi connectivity index (χ4v) is 4.48. The first kappa shape index (κ1) is 20.5. The fraction of sp³-hybridized carbons (Fsp3) is 0.136. The first-order valence-corrected chi connectivity index (χ1v) is 11.2. The summed E-state index contributed by atoms with van der Waals surface area (Å²) in [6.45, 7) is 0.455. The maximum Gasteiger partial charge on any atom is 0.262 e. The molecule has 1 aliphatic heterocycles. The third-order valence-electron chi connectivity index (χ3n) is 5.12. The van der Waals surface area contributed by atoms with Crippen molar-refractivity contribution in [2.75, 3.05) is 11.4 Å². The summed E-state index contributed by atoms with van der Waals surface area (Å²) in [5.41, 5.74) is 2.97.